The van der Waals surface area contributed by atoms with E-state index >= 15 is 0 Å². The summed E-state index contributed by atoms with van der Waals surface area (Å²) in [7, 11) is 0. The van der Waals surface area contributed by atoms with E-state index in [-0.39, 0.29) is 17.6 Å². The van der Waals surface area contributed by atoms with E-state index in [9.17, 15) is 9.18 Å². The van der Waals surface area contributed by atoms with E-state index in [1.807, 2.05) is 0 Å². The molecule has 0 N–H and O–H groups in total. The SMILES string of the molecule is N#CC1CCCN(C(=O)c2cc3ccc(F)cc3s2)C1. The number of hydrogen-bond donors (Lipinski definition) is 0. The first-order valence-corrected chi connectivity index (χ1v) is 7.37. The van der Waals surface area contributed by atoms with Crippen molar-refractivity contribution in [2.75, 3.05) is 13.1 Å². The Hall–Kier alpha value is -1.93. The average molecular weight is 288 g/mol. The molecule has 20 heavy (non-hydrogen) atoms. The normalized spacial score (nSPS) is 19.0. The molecule has 1 aromatic heterocycles. The summed E-state index contributed by atoms with van der Waals surface area (Å²) in [6.07, 6.45) is 1.72. The average Bonchev–Trinajstić information content (AvgIpc) is 2.89. The number of rotatable bonds is 1. The molecule has 1 atom stereocenters. The zero-order valence-corrected chi connectivity index (χ0v) is 11.6. The van der Waals surface area contributed by atoms with Crippen molar-refractivity contribution in [3.63, 3.8) is 0 Å². The predicted molar refractivity (Wildman–Crippen MR) is 76.0 cm³/mol. The third-order valence-electron chi connectivity index (χ3n) is 3.58. The van der Waals surface area contributed by atoms with Gasteiger partial charge in [-0.3, -0.25) is 4.79 Å². The summed E-state index contributed by atoms with van der Waals surface area (Å²) in [5, 5.41) is 9.86. The Morgan fingerprint density at radius 1 is 1.45 bits per heavy atom. The smallest absolute Gasteiger partial charge is 0.264 e. The monoisotopic (exact) mass is 288 g/mol. The highest BCUT2D eigenvalue weighted by atomic mass is 32.1. The molecule has 1 unspecified atom stereocenters. The van der Waals surface area contributed by atoms with Crippen molar-refractivity contribution in [1.82, 2.24) is 4.90 Å². The number of hydrogen-bond acceptors (Lipinski definition) is 3. The van der Waals surface area contributed by atoms with E-state index in [1.165, 1.54) is 23.5 Å². The van der Waals surface area contributed by atoms with E-state index in [2.05, 4.69) is 6.07 Å². The second kappa shape index (κ2) is 5.22. The highest BCUT2D eigenvalue weighted by molar-refractivity contribution is 7.20. The van der Waals surface area contributed by atoms with Crippen LogP contribution in [0.2, 0.25) is 0 Å². The number of thiophene rings is 1. The minimum Gasteiger partial charge on any atom is -0.337 e. The summed E-state index contributed by atoms with van der Waals surface area (Å²) in [5.74, 6) is -0.410. The molecule has 5 heteroatoms. The molecule has 1 fully saturated rings. The van der Waals surface area contributed by atoms with Gasteiger partial charge >= 0.3 is 0 Å². The number of nitrogens with zero attached hydrogens (tertiary/aromatic N) is 2. The third-order valence-corrected chi connectivity index (χ3v) is 4.67. The molecule has 1 aliphatic rings. The zero-order chi connectivity index (χ0) is 14.1. The number of piperidine rings is 1. The first-order chi connectivity index (χ1) is 9.67. The highest BCUT2D eigenvalue weighted by Crippen LogP contribution is 2.28. The quantitative estimate of drug-likeness (QED) is 0.807. The van der Waals surface area contributed by atoms with E-state index in [1.54, 1.807) is 17.0 Å². The Kier molecular flexibility index (Phi) is 3.41. The van der Waals surface area contributed by atoms with Crippen LogP contribution in [0.1, 0.15) is 22.5 Å². The molecule has 2 aromatic rings. The number of amides is 1. The van der Waals surface area contributed by atoms with Crippen molar-refractivity contribution in [3.05, 3.63) is 35.0 Å². The van der Waals surface area contributed by atoms with Gasteiger partial charge in [-0.1, -0.05) is 6.07 Å². The van der Waals surface area contributed by atoms with Gasteiger partial charge in [-0.05, 0) is 36.4 Å². The molecule has 3 nitrogen and oxygen atoms in total. The van der Waals surface area contributed by atoms with E-state index in [0.29, 0.717) is 18.0 Å². The molecule has 1 aliphatic heterocycles. The van der Waals surface area contributed by atoms with Crippen LogP contribution in [0.5, 0.6) is 0 Å². The van der Waals surface area contributed by atoms with Crippen LogP contribution in [0.4, 0.5) is 4.39 Å². The van der Waals surface area contributed by atoms with Crippen molar-refractivity contribution in [2.24, 2.45) is 5.92 Å². The van der Waals surface area contributed by atoms with Gasteiger partial charge in [0.15, 0.2) is 0 Å². The largest absolute Gasteiger partial charge is 0.337 e. The van der Waals surface area contributed by atoms with Gasteiger partial charge in [0.25, 0.3) is 5.91 Å². The fourth-order valence-corrected chi connectivity index (χ4v) is 3.59. The topological polar surface area (TPSA) is 44.1 Å². The Morgan fingerprint density at radius 2 is 2.30 bits per heavy atom. The van der Waals surface area contributed by atoms with Gasteiger partial charge in [-0.25, -0.2) is 4.39 Å². The van der Waals surface area contributed by atoms with Gasteiger partial charge in [0.05, 0.1) is 16.9 Å². The van der Waals surface area contributed by atoms with Gasteiger partial charge in [-0.15, -0.1) is 11.3 Å². The van der Waals surface area contributed by atoms with Crippen LogP contribution in [0.3, 0.4) is 0 Å². The van der Waals surface area contributed by atoms with Crippen LogP contribution in [-0.4, -0.2) is 23.9 Å². The van der Waals surface area contributed by atoms with Crippen molar-refractivity contribution in [3.8, 4) is 6.07 Å². The second-order valence-corrected chi connectivity index (χ2v) is 6.10. The van der Waals surface area contributed by atoms with Crippen molar-refractivity contribution < 1.29 is 9.18 Å². The molecule has 1 saturated heterocycles. The van der Waals surface area contributed by atoms with Crippen molar-refractivity contribution in [1.29, 1.82) is 5.26 Å². The Labute approximate surface area is 120 Å². The fourth-order valence-electron chi connectivity index (χ4n) is 2.53. The number of likely N-dealkylation sites (tertiary alicyclic amines) is 1. The van der Waals surface area contributed by atoms with Crippen LogP contribution in [-0.2, 0) is 0 Å². The van der Waals surface area contributed by atoms with Gasteiger partial charge in [0, 0.05) is 17.8 Å². The number of carbonyl (C=O) groups is 1. The summed E-state index contributed by atoms with van der Waals surface area (Å²) in [4.78, 5) is 14.8. The predicted octanol–water partition coefficient (Wildman–Crippen LogP) is 3.42. The molecule has 1 aromatic carbocycles. The third kappa shape index (κ3) is 2.39. The lowest BCUT2D eigenvalue weighted by molar-refractivity contribution is 0.0704. The Bertz CT molecular complexity index is 703. The molecular weight excluding hydrogens is 275 g/mol. The van der Waals surface area contributed by atoms with E-state index in [0.717, 1.165) is 22.9 Å². The molecule has 0 spiro atoms. The van der Waals surface area contributed by atoms with Gasteiger partial charge in [0.1, 0.15) is 5.82 Å². The maximum atomic E-state index is 13.2. The van der Waals surface area contributed by atoms with Gasteiger partial charge in [0.2, 0.25) is 0 Å². The van der Waals surface area contributed by atoms with Crippen molar-refractivity contribution >= 4 is 27.3 Å². The van der Waals surface area contributed by atoms with Crippen LogP contribution in [0.15, 0.2) is 24.3 Å². The fraction of sp³-hybridized carbons (Fsp3) is 0.333. The molecule has 1 amide bonds. The summed E-state index contributed by atoms with van der Waals surface area (Å²) in [6, 6.07) is 8.57. The summed E-state index contributed by atoms with van der Waals surface area (Å²) in [5.41, 5.74) is 0. The number of halogens is 1. The lowest BCUT2D eigenvalue weighted by Crippen LogP contribution is -2.39. The van der Waals surface area contributed by atoms with E-state index < -0.39 is 0 Å². The van der Waals surface area contributed by atoms with Crippen LogP contribution >= 0.6 is 11.3 Å². The molecule has 3 rings (SSSR count). The molecule has 0 saturated carbocycles. The van der Waals surface area contributed by atoms with Gasteiger partial charge < -0.3 is 4.90 Å². The molecule has 2 heterocycles. The molecular formula is C15H13FN2OS. The lowest BCUT2D eigenvalue weighted by Gasteiger charge is -2.29. The summed E-state index contributed by atoms with van der Waals surface area (Å²) < 4.78 is 14.0. The Morgan fingerprint density at radius 3 is 3.10 bits per heavy atom. The highest BCUT2D eigenvalue weighted by Gasteiger charge is 2.25. The number of nitriles is 1. The van der Waals surface area contributed by atoms with E-state index in [4.69, 9.17) is 5.26 Å². The minimum absolute atomic E-state index is 0.0495. The Balaban J connectivity index is 1.87. The number of fused-ring (bicyclic) bond motifs is 1. The molecule has 0 aliphatic carbocycles. The number of benzene rings is 1. The van der Waals surface area contributed by atoms with Crippen LogP contribution in [0, 0.1) is 23.1 Å². The first kappa shape index (κ1) is 13.1. The molecule has 0 bridgehead atoms. The van der Waals surface area contributed by atoms with Crippen molar-refractivity contribution in [2.45, 2.75) is 12.8 Å². The summed E-state index contributed by atoms with van der Waals surface area (Å²) in [6.45, 7) is 1.19. The lowest BCUT2D eigenvalue weighted by atomic mass is 9.99. The zero-order valence-electron chi connectivity index (χ0n) is 10.8. The standard InChI is InChI=1S/C15H13FN2OS/c16-12-4-3-11-6-14(20-13(11)7-12)15(19)18-5-1-2-10(8-17)9-18/h3-4,6-7,10H,1-2,5,9H2. The first-order valence-electron chi connectivity index (χ1n) is 6.55. The minimum atomic E-state index is -0.291. The van der Waals surface area contributed by atoms with Gasteiger partial charge in [-0.2, -0.15) is 5.26 Å². The van der Waals surface area contributed by atoms with Crippen LogP contribution in [0.25, 0.3) is 10.1 Å². The second-order valence-electron chi connectivity index (χ2n) is 5.01. The number of carbonyl (C=O) groups excluding carboxylic acids is 1. The van der Waals surface area contributed by atoms with Crippen LogP contribution < -0.4 is 0 Å². The summed E-state index contributed by atoms with van der Waals surface area (Å²) >= 11 is 1.31. The maximum Gasteiger partial charge on any atom is 0.264 e. The molecule has 102 valence electrons. The molecule has 0 radical (unpaired) electrons. The maximum absolute atomic E-state index is 13.2.